The molecule has 0 unspecified atom stereocenters. The Kier molecular flexibility index (Phi) is 4.72. The van der Waals surface area contributed by atoms with Gasteiger partial charge in [0.15, 0.2) is 0 Å². The minimum absolute atomic E-state index is 0.00464. The first-order valence-electron chi connectivity index (χ1n) is 10.1. The zero-order chi connectivity index (χ0) is 20.0. The molecule has 1 aliphatic heterocycles. The van der Waals surface area contributed by atoms with Gasteiger partial charge in [-0.25, -0.2) is 4.68 Å². The molecule has 29 heavy (non-hydrogen) atoms. The SMILES string of the molecule is Cc1ccc([C@H]2C[C@H](O)[C@@H](n3cc(C4CC4)nn3)CN2C(=O)c2cccs2)cc1. The normalized spacial score (nSPS) is 24.6. The molecule has 5 rings (SSSR count). The van der Waals surface area contributed by atoms with E-state index < -0.39 is 6.10 Å². The minimum Gasteiger partial charge on any atom is -0.391 e. The largest absolute Gasteiger partial charge is 0.391 e. The van der Waals surface area contributed by atoms with Gasteiger partial charge in [0.25, 0.3) is 5.91 Å². The maximum absolute atomic E-state index is 13.3. The number of nitrogens with zero attached hydrogens (tertiary/aromatic N) is 4. The first-order valence-corrected chi connectivity index (χ1v) is 11.0. The summed E-state index contributed by atoms with van der Waals surface area (Å²) in [6.07, 6.45) is 4.14. The third-order valence-electron chi connectivity index (χ3n) is 5.99. The van der Waals surface area contributed by atoms with Gasteiger partial charge in [-0.05, 0) is 36.8 Å². The van der Waals surface area contributed by atoms with Crippen LogP contribution in [0.5, 0.6) is 0 Å². The van der Waals surface area contributed by atoms with Gasteiger partial charge in [-0.3, -0.25) is 4.79 Å². The molecule has 1 saturated carbocycles. The zero-order valence-corrected chi connectivity index (χ0v) is 17.1. The van der Waals surface area contributed by atoms with E-state index in [2.05, 4.69) is 34.6 Å². The van der Waals surface area contributed by atoms with Crippen LogP contribution in [-0.4, -0.2) is 43.6 Å². The molecule has 7 heteroatoms. The summed E-state index contributed by atoms with van der Waals surface area (Å²) in [4.78, 5) is 15.9. The van der Waals surface area contributed by atoms with E-state index in [9.17, 15) is 9.90 Å². The number of likely N-dealkylation sites (tertiary alicyclic amines) is 1. The topological polar surface area (TPSA) is 71.2 Å². The lowest BCUT2D eigenvalue weighted by Crippen LogP contribution is -2.48. The second-order valence-electron chi connectivity index (χ2n) is 8.13. The molecule has 0 bridgehead atoms. The molecular weight excluding hydrogens is 384 g/mol. The van der Waals surface area contributed by atoms with E-state index in [0.29, 0.717) is 18.9 Å². The van der Waals surface area contributed by atoms with Crippen molar-refractivity contribution in [1.82, 2.24) is 19.9 Å². The van der Waals surface area contributed by atoms with E-state index in [4.69, 9.17) is 0 Å². The van der Waals surface area contributed by atoms with Gasteiger partial charge in [-0.15, -0.1) is 16.4 Å². The van der Waals surface area contributed by atoms with Crippen molar-refractivity contribution in [3.63, 3.8) is 0 Å². The number of benzene rings is 1. The number of aliphatic hydroxyl groups excluding tert-OH is 1. The number of aliphatic hydroxyl groups is 1. The number of hydrogen-bond donors (Lipinski definition) is 1. The number of aromatic nitrogens is 3. The molecular formula is C22H24N4O2S. The summed E-state index contributed by atoms with van der Waals surface area (Å²) in [5.74, 6) is 0.513. The van der Waals surface area contributed by atoms with E-state index in [1.165, 1.54) is 16.9 Å². The van der Waals surface area contributed by atoms with Crippen LogP contribution >= 0.6 is 11.3 Å². The van der Waals surface area contributed by atoms with Gasteiger partial charge in [-0.2, -0.15) is 0 Å². The quantitative estimate of drug-likeness (QED) is 0.714. The average molecular weight is 409 g/mol. The van der Waals surface area contributed by atoms with Gasteiger partial charge < -0.3 is 10.0 Å². The Balaban J connectivity index is 1.47. The molecule has 1 aromatic carbocycles. The maximum atomic E-state index is 13.3. The fourth-order valence-corrected chi connectivity index (χ4v) is 4.79. The summed E-state index contributed by atoms with van der Waals surface area (Å²) in [6.45, 7) is 2.45. The number of rotatable bonds is 4. The van der Waals surface area contributed by atoms with Crippen LogP contribution in [0, 0.1) is 6.92 Å². The standard InChI is InChI=1S/C22H24N4O2S/c1-14-4-6-16(7-5-14)18-11-20(27)19(26-12-17(23-24-26)15-8-9-15)13-25(18)22(28)21-3-2-10-29-21/h2-7,10,12,15,18-20,27H,8-9,11,13H2,1H3/t18-,19+,20+/m1/s1. The van der Waals surface area contributed by atoms with Gasteiger partial charge in [0.2, 0.25) is 0 Å². The highest BCUT2D eigenvalue weighted by Gasteiger charge is 2.40. The van der Waals surface area contributed by atoms with Crippen molar-refractivity contribution < 1.29 is 9.90 Å². The van der Waals surface area contributed by atoms with E-state index in [0.717, 1.165) is 29.0 Å². The highest BCUT2D eigenvalue weighted by atomic mass is 32.1. The summed E-state index contributed by atoms with van der Waals surface area (Å²) >= 11 is 1.45. The van der Waals surface area contributed by atoms with Crippen molar-refractivity contribution in [1.29, 1.82) is 0 Å². The summed E-state index contributed by atoms with van der Waals surface area (Å²) < 4.78 is 1.76. The predicted molar refractivity (Wildman–Crippen MR) is 111 cm³/mol. The van der Waals surface area contributed by atoms with E-state index >= 15 is 0 Å². The number of piperidine rings is 1. The summed E-state index contributed by atoms with van der Waals surface area (Å²) in [5, 5.41) is 21.5. The maximum Gasteiger partial charge on any atom is 0.264 e. The molecule has 2 aliphatic rings. The fraction of sp³-hybridized carbons (Fsp3) is 0.409. The Morgan fingerprint density at radius 1 is 1.21 bits per heavy atom. The molecule has 1 aliphatic carbocycles. The fourth-order valence-electron chi connectivity index (χ4n) is 4.11. The van der Waals surface area contributed by atoms with Gasteiger partial charge in [0.1, 0.15) is 0 Å². The molecule has 0 spiro atoms. The van der Waals surface area contributed by atoms with Crippen molar-refractivity contribution in [3.05, 3.63) is 69.7 Å². The first kappa shape index (κ1) is 18.5. The van der Waals surface area contributed by atoms with Crippen LogP contribution in [0.4, 0.5) is 0 Å². The van der Waals surface area contributed by atoms with Gasteiger partial charge >= 0.3 is 0 Å². The second-order valence-corrected chi connectivity index (χ2v) is 9.08. The zero-order valence-electron chi connectivity index (χ0n) is 16.3. The monoisotopic (exact) mass is 408 g/mol. The van der Waals surface area contributed by atoms with Gasteiger partial charge in [-0.1, -0.05) is 41.1 Å². The van der Waals surface area contributed by atoms with Crippen LogP contribution in [0.15, 0.2) is 48.0 Å². The highest BCUT2D eigenvalue weighted by molar-refractivity contribution is 7.12. The van der Waals surface area contributed by atoms with Crippen LogP contribution in [0.3, 0.4) is 0 Å². The number of carbonyl (C=O) groups is 1. The van der Waals surface area contributed by atoms with Crippen LogP contribution in [0.25, 0.3) is 0 Å². The van der Waals surface area contributed by atoms with Crippen LogP contribution in [-0.2, 0) is 0 Å². The van der Waals surface area contributed by atoms with E-state index in [1.807, 2.05) is 35.5 Å². The third kappa shape index (κ3) is 3.60. The molecule has 0 radical (unpaired) electrons. The minimum atomic E-state index is -0.595. The lowest BCUT2D eigenvalue weighted by atomic mass is 9.90. The number of hydrogen-bond acceptors (Lipinski definition) is 5. The third-order valence-corrected chi connectivity index (χ3v) is 6.85. The molecule has 2 fully saturated rings. The Labute approximate surface area is 173 Å². The Hall–Kier alpha value is -2.51. The van der Waals surface area contributed by atoms with E-state index in [-0.39, 0.29) is 18.0 Å². The Morgan fingerprint density at radius 3 is 2.69 bits per heavy atom. The average Bonchev–Trinajstić information content (AvgIpc) is 3.22. The number of amides is 1. The van der Waals surface area contributed by atoms with Gasteiger partial charge in [0.05, 0.1) is 28.8 Å². The van der Waals surface area contributed by atoms with Crippen molar-refractivity contribution in [2.24, 2.45) is 0 Å². The molecule has 1 saturated heterocycles. The molecule has 6 nitrogen and oxygen atoms in total. The van der Waals surface area contributed by atoms with Crippen molar-refractivity contribution in [2.45, 2.75) is 50.3 Å². The molecule has 1 N–H and O–H groups in total. The molecule has 3 heterocycles. The molecule has 2 aromatic heterocycles. The van der Waals surface area contributed by atoms with E-state index in [1.54, 1.807) is 4.68 Å². The summed E-state index contributed by atoms with van der Waals surface area (Å²) in [7, 11) is 0. The summed E-state index contributed by atoms with van der Waals surface area (Å²) in [5.41, 5.74) is 3.22. The van der Waals surface area contributed by atoms with Crippen LogP contribution < -0.4 is 0 Å². The van der Waals surface area contributed by atoms with Crippen LogP contribution in [0.2, 0.25) is 0 Å². The van der Waals surface area contributed by atoms with Gasteiger partial charge in [0, 0.05) is 25.1 Å². The molecule has 3 aromatic rings. The number of thiophene rings is 1. The molecule has 1 amide bonds. The molecule has 3 atom stereocenters. The van der Waals surface area contributed by atoms with Crippen LogP contribution in [0.1, 0.15) is 63.8 Å². The predicted octanol–water partition coefficient (Wildman–Crippen LogP) is 3.71. The Bertz CT molecular complexity index is 994. The second kappa shape index (κ2) is 7.39. The first-order chi connectivity index (χ1) is 14.1. The smallest absolute Gasteiger partial charge is 0.264 e. The van der Waals surface area contributed by atoms with Crippen molar-refractivity contribution in [2.75, 3.05) is 6.54 Å². The lowest BCUT2D eigenvalue weighted by molar-refractivity contribution is -0.00165. The molecule has 150 valence electrons. The highest BCUT2D eigenvalue weighted by Crippen LogP contribution is 2.40. The number of carbonyl (C=O) groups excluding carboxylic acids is 1. The Morgan fingerprint density at radius 2 is 2.00 bits per heavy atom. The van der Waals surface area contributed by atoms with Crippen molar-refractivity contribution in [3.8, 4) is 0 Å². The summed E-state index contributed by atoms with van der Waals surface area (Å²) in [6, 6.07) is 11.5. The number of aryl methyl sites for hydroxylation is 1. The lowest BCUT2D eigenvalue weighted by Gasteiger charge is -2.42. The van der Waals surface area contributed by atoms with Crippen molar-refractivity contribution >= 4 is 17.2 Å².